The number of benzene rings is 1. The SMILES string of the molecule is Cc1ccnc(NCCNC(=O)c2ccc3nc(C)[nH]c3c2)c1. The Bertz CT molecular complexity index is 840. The summed E-state index contributed by atoms with van der Waals surface area (Å²) in [6.45, 7) is 5.05. The molecule has 0 spiro atoms. The second-order valence-electron chi connectivity index (χ2n) is 5.46. The summed E-state index contributed by atoms with van der Waals surface area (Å²) >= 11 is 0. The van der Waals surface area contributed by atoms with E-state index in [0.29, 0.717) is 18.7 Å². The van der Waals surface area contributed by atoms with Gasteiger partial charge in [-0.15, -0.1) is 0 Å². The van der Waals surface area contributed by atoms with Gasteiger partial charge in [0.05, 0.1) is 11.0 Å². The third-order valence-corrected chi connectivity index (χ3v) is 3.49. The Labute approximate surface area is 134 Å². The molecule has 0 radical (unpaired) electrons. The third-order valence-electron chi connectivity index (χ3n) is 3.49. The lowest BCUT2D eigenvalue weighted by atomic mass is 10.2. The molecule has 0 aliphatic heterocycles. The number of carbonyl (C=O) groups excluding carboxylic acids is 1. The van der Waals surface area contributed by atoms with E-state index in [0.717, 1.165) is 28.2 Å². The van der Waals surface area contributed by atoms with Crippen LogP contribution in [-0.4, -0.2) is 33.9 Å². The minimum absolute atomic E-state index is 0.0989. The molecule has 0 bridgehead atoms. The van der Waals surface area contributed by atoms with Gasteiger partial charge in [-0.3, -0.25) is 4.79 Å². The fourth-order valence-corrected chi connectivity index (χ4v) is 2.38. The highest BCUT2D eigenvalue weighted by molar-refractivity contribution is 5.97. The molecule has 0 saturated heterocycles. The molecule has 3 aromatic rings. The van der Waals surface area contributed by atoms with Crippen LogP contribution in [0.5, 0.6) is 0 Å². The Morgan fingerprint density at radius 2 is 2.04 bits per heavy atom. The van der Waals surface area contributed by atoms with Gasteiger partial charge in [0.15, 0.2) is 0 Å². The predicted molar refractivity (Wildman–Crippen MR) is 90.6 cm³/mol. The smallest absolute Gasteiger partial charge is 0.251 e. The van der Waals surface area contributed by atoms with Crippen LogP contribution in [0.15, 0.2) is 36.5 Å². The number of H-pyrrole nitrogens is 1. The largest absolute Gasteiger partial charge is 0.368 e. The molecule has 0 atom stereocenters. The van der Waals surface area contributed by atoms with Crippen LogP contribution >= 0.6 is 0 Å². The quantitative estimate of drug-likeness (QED) is 0.632. The molecule has 2 aromatic heterocycles. The van der Waals surface area contributed by atoms with Crippen LogP contribution in [0.3, 0.4) is 0 Å². The van der Waals surface area contributed by atoms with E-state index in [1.165, 1.54) is 0 Å². The van der Waals surface area contributed by atoms with E-state index < -0.39 is 0 Å². The Morgan fingerprint density at radius 3 is 2.87 bits per heavy atom. The standard InChI is InChI=1S/C17H19N5O/c1-11-5-6-18-16(9-11)19-7-8-20-17(23)13-3-4-14-15(10-13)22-12(2)21-14/h3-6,9-10H,7-8H2,1-2H3,(H,18,19)(H,20,23)(H,21,22). The Kier molecular flexibility index (Phi) is 4.23. The zero-order chi connectivity index (χ0) is 16.2. The maximum atomic E-state index is 12.2. The van der Waals surface area contributed by atoms with Crippen molar-refractivity contribution in [3.63, 3.8) is 0 Å². The Balaban J connectivity index is 1.54. The minimum atomic E-state index is -0.0989. The monoisotopic (exact) mass is 309 g/mol. The van der Waals surface area contributed by atoms with Crippen molar-refractivity contribution in [3.05, 3.63) is 53.5 Å². The molecule has 1 aromatic carbocycles. The van der Waals surface area contributed by atoms with Crippen molar-refractivity contribution < 1.29 is 4.79 Å². The number of nitrogens with zero attached hydrogens (tertiary/aromatic N) is 2. The molecule has 0 unspecified atom stereocenters. The van der Waals surface area contributed by atoms with Gasteiger partial charge in [-0.25, -0.2) is 9.97 Å². The van der Waals surface area contributed by atoms with Gasteiger partial charge in [-0.1, -0.05) is 0 Å². The maximum absolute atomic E-state index is 12.2. The number of amides is 1. The van der Waals surface area contributed by atoms with Crippen molar-refractivity contribution >= 4 is 22.8 Å². The van der Waals surface area contributed by atoms with Crippen LogP contribution < -0.4 is 10.6 Å². The lowest BCUT2D eigenvalue weighted by Gasteiger charge is -2.08. The Hall–Kier alpha value is -2.89. The first-order valence-corrected chi connectivity index (χ1v) is 7.53. The number of pyridine rings is 1. The number of aromatic amines is 1. The van der Waals surface area contributed by atoms with Crippen LogP contribution in [0.25, 0.3) is 11.0 Å². The van der Waals surface area contributed by atoms with E-state index in [4.69, 9.17) is 0 Å². The van der Waals surface area contributed by atoms with Crippen molar-refractivity contribution in [3.8, 4) is 0 Å². The van der Waals surface area contributed by atoms with Gasteiger partial charge in [-0.05, 0) is 49.7 Å². The van der Waals surface area contributed by atoms with Gasteiger partial charge in [0.2, 0.25) is 0 Å². The number of hydrogen-bond donors (Lipinski definition) is 3. The fourth-order valence-electron chi connectivity index (χ4n) is 2.38. The van der Waals surface area contributed by atoms with Crippen LogP contribution in [0.1, 0.15) is 21.7 Å². The molecule has 1 amide bonds. The van der Waals surface area contributed by atoms with Crippen LogP contribution in [0.4, 0.5) is 5.82 Å². The number of hydrogen-bond acceptors (Lipinski definition) is 4. The highest BCUT2D eigenvalue weighted by atomic mass is 16.1. The summed E-state index contributed by atoms with van der Waals surface area (Å²) in [4.78, 5) is 23.8. The molecular formula is C17H19N5O. The van der Waals surface area contributed by atoms with E-state index in [2.05, 4.69) is 25.6 Å². The van der Waals surface area contributed by atoms with Crippen LogP contribution in [0, 0.1) is 13.8 Å². The summed E-state index contributed by atoms with van der Waals surface area (Å²) < 4.78 is 0. The van der Waals surface area contributed by atoms with Crippen molar-refractivity contribution in [2.45, 2.75) is 13.8 Å². The van der Waals surface area contributed by atoms with Gasteiger partial charge in [0.1, 0.15) is 11.6 Å². The zero-order valence-electron chi connectivity index (χ0n) is 13.2. The molecule has 23 heavy (non-hydrogen) atoms. The van der Waals surface area contributed by atoms with Crippen molar-refractivity contribution in [2.24, 2.45) is 0 Å². The van der Waals surface area contributed by atoms with E-state index in [-0.39, 0.29) is 5.91 Å². The van der Waals surface area contributed by atoms with Crippen molar-refractivity contribution in [2.75, 3.05) is 18.4 Å². The van der Waals surface area contributed by atoms with E-state index >= 15 is 0 Å². The number of imidazole rings is 1. The first-order chi connectivity index (χ1) is 11.1. The summed E-state index contributed by atoms with van der Waals surface area (Å²) in [5, 5.41) is 6.08. The molecule has 0 aliphatic rings. The lowest BCUT2D eigenvalue weighted by molar-refractivity contribution is 0.0955. The molecule has 2 heterocycles. The summed E-state index contributed by atoms with van der Waals surface area (Å²) in [6, 6.07) is 9.37. The summed E-state index contributed by atoms with van der Waals surface area (Å²) in [7, 11) is 0. The summed E-state index contributed by atoms with van der Waals surface area (Å²) in [5.41, 5.74) is 3.51. The van der Waals surface area contributed by atoms with Crippen LogP contribution in [-0.2, 0) is 0 Å². The predicted octanol–water partition coefficient (Wildman–Crippen LogP) is 2.42. The first kappa shape index (κ1) is 15.0. The average Bonchev–Trinajstić information content (AvgIpc) is 2.90. The highest BCUT2D eigenvalue weighted by Crippen LogP contribution is 2.13. The molecule has 118 valence electrons. The third kappa shape index (κ3) is 3.66. The number of carbonyl (C=O) groups is 1. The Morgan fingerprint density at radius 1 is 1.17 bits per heavy atom. The number of rotatable bonds is 5. The lowest BCUT2D eigenvalue weighted by Crippen LogP contribution is -2.28. The van der Waals surface area contributed by atoms with Gasteiger partial charge in [0.25, 0.3) is 5.91 Å². The molecular weight excluding hydrogens is 290 g/mol. The van der Waals surface area contributed by atoms with E-state index in [9.17, 15) is 4.79 Å². The van der Waals surface area contributed by atoms with Crippen molar-refractivity contribution in [1.29, 1.82) is 0 Å². The maximum Gasteiger partial charge on any atom is 0.251 e. The highest BCUT2D eigenvalue weighted by Gasteiger charge is 2.07. The minimum Gasteiger partial charge on any atom is -0.368 e. The van der Waals surface area contributed by atoms with E-state index in [1.807, 2.05) is 38.1 Å². The second kappa shape index (κ2) is 6.48. The molecule has 3 rings (SSSR count). The van der Waals surface area contributed by atoms with Gasteiger partial charge < -0.3 is 15.6 Å². The summed E-state index contributed by atoms with van der Waals surface area (Å²) in [5.74, 6) is 1.55. The number of aromatic nitrogens is 3. The molecule has 6 nitrogen and oxygen atoms in total. The molecule has 0 aliphatic carbocycles. The topological polar surface area (TPSA) is 82.7 Å². The van der Waals surface area contributed by atoms with Gasteiger partial charge in [-0.2, -0.15) is 0 Å². The fraction of sp³-hybridized carbons (Fsp3) is 0.235. The van der Waals surface area contributed by atoms with Gasteiger partial charge in [0, 0.05) is 24.8 Å². The number of fused-ring (bicyclic) bond motifs is 1. The van der Waals surface area contributed by atoms with Crippen molar-refractivity contribution in [1.82, 2.24) is 20.3 Å². The normalized spacial score (nSPS) is 10.7. The first-order valence-electron chi connectivity index (χ1n) is 7.53. The van der Waals surface area contributed by atoms with Crippen LogP contribution in [0.2, 0.25) is 0 Å². The molecule has 6 heteroatoms. The van der Waals surface area contributed by atoms with E-state index in [1.54, 1.807) is 12.3 Å². The number of aryl methyl sites for hydroxylation is 2. The number of anilines is 1. The average molecular weight is 309 g/mol. The summed E-state index contributed by atoms with van der Waals surface area (Å²) in [6.07, 6.45) is 1.76. The number of nitrogens with one attached hydrogen (secondary N) is 3. The van der Waals surface area contributed by atoms with Gasteiger partial charge >= 0.3 is 0 Å². The molecule has 0 fully saturated rings. The molecule has 3 N–H and O–H groups in total. The molecule has 0 saturated carbocycles. The zero-order valence-corrected chi connectivity index (χ0v) is 13.2. The second-order valence-corrected chi connectivity index (χ2v) is 5.46.